The van der Waals surface area contributed by atoms with E-state index >= 15 is 0 Å². The summed E-state index contributed by atoms with van der Waals surface area (Å²) in [5, 5.41) is 10.4. The molecule has 0 radical (unpaired) electrons. The highest BCUT2D eigenvalue weighted by atomic mass is 35.5. The zero-order valence-corrected chi connectivity index (χ0v) is 9.80. The molecule has 4 heteroatoms. The van der Waals surface area contributed by atoms with Crippen LogP contribution in [-0.4, -0.2) is 23.4 Å². The van der Waals surface area contributed by atoms with Crippen LogP contribution in [0.5, 0.6) is 0 Å². The van der Waals surface area contributed by atoms with Gasteiger partial charge in [-0.1, -0.05) is 23.7 Å². The lowest BCUT2D eigenvalue weighted by molar-refractivity contribution is -0.0273. The van der Waals surface area contributed by atoms with Crippen LogP contribution in [0.15, 0.2) is 18.2 Å². The van der Waals surface area contributed by atoms with Gasteiger partial charge >= 0.3 is 0 Å². The Labute approximate surface area is 99.0 Å². The molecule has 1 aliphatic rings. The number of hydrogen-bond acceptors (Lipinski definition) is 2. The average Bonchev–Trinajstić information content (AvgIpc) is 2.55. The van der Waals surface area contributed by atoms with Crippen molar-refractivity contribution in [3.63, 3.8) is 0 Å². The van der Waals surface area contributed by atoms with Crippen LogP contribution in [0.1, 0.15) is 18.9 Å². The molecule has 2 rings (SSSR count). The number of benzene rings is 1. The van der Waals surface area contributed by atoms with Gasteiger partial charge in [0.25, 0.3) is 0 Å². The SMILES string of the molecule is CC1OCCC1(O)Cc1cccc(Cl)c1F. The molecule has 1 aliphatic heterocycles. The molecule has 2 unspecified atom stereocenters. The molecule has 0 saturated carbocycles. The smallest absolute Gasteiger partial charge is 0.145 e. The van der Waals surface area contributed by atoms with E-state index in [0.717, 1.165) is 0 Å². The maximum Gasteiger partial charge on any atom is 0.145 e. The maximum absolute atomic E-state index is 13.7. The Morgan fingerprint density at radius 2 is 2.38 bits per heavy atom. The minimum Gasteiger partial charge on any atom is -0.387 e. The van der Waals surface area contributed by atoms with E-state index in [1.807, 2.05) is 0 Å². The van der Waals surface area contributed by atoms with Gasteiger partial charge < -0.3 is 9.84 Å². The lowest BCUT2D eigenvalue weighted by Gasteiger charge is -2.26. The predicted octanol–water partition coefficient (Wildman–Crippen LogP) is 2.56. The average molecular weight is 245 g/mol. The van der Waals surface area contributed by atoms with Gasteiger partial charge in [-0.3, -0.25) is 0 Å². The molecule has 0 aliphatic carbocycles. The fourth-order valence-electron chi connectivity index (χ4n) is 2.02. The summed E-state index contributed by atoms with van der Waals surface area (Å²) < 4.78 is 19.0. The van der Waals surface area contributed by atoms with Gasteiger partial charge in [0.05, 0.1) is 16.7 Å². The van der Waals surface area contributed by atoms with Crippen LogP contribution in [0.2, 0.25) is 5.02 Å². The third-order valence-corrected chi connectivity index (χ3v) is 3.48. The molecule has 1 saturated heterocycles. The number of rotatable bonds is 2. The first-order valence-corrected chi connectivity index (χ1v) is 5.67. The van der Waals surface area contributed by atoms with Crippen LogP contribution in [0.4, 0.5) is 4.39 Å². The van der Waals surface area contributed by atoms with Gasteiger partial charge in [0.15, 0.2) is 0 Å². The minimum absolute atomic E-state index is 0.0904. The van der Waals surface area contributed by atoms with E-state index in [4.69, 9.17) is 16.3 Å². The first-order valence-electron chi connectivity index (χ1n) is 5.30. The van der Waals surface area contributed by atoms with Crippen LogP contribution in [0, 0.1) is 5.82 Å². The third kappa shape index (κ3) is 2.08. The second kappa shape index (κ2) is 4.32. The summed E-state index contributed by atoms with van der Waals surface area (Å²) in [6, 6.07) is 4.83. The van der Waals surface area contributed by atoms with Crippen LogP contribution >= 0.6 is 11.6 Å². The highest BCUT2D eigenvalue weighted by Gasteiger charge is 2.40. The van der Waals surface area contributed by atoms with Gasteiger partial charge in [0.2, 0.25) is 0 Å². The van der Waals surface area contributed by atoms with Crippen molar-refractivity contribution in [2.45, 2.75) is 31.5 Å². The van der Waals surface area contributed by atoms with Crippen molar-refractivity contribution >= 4 is 11.6 Å². The predicted molar refractivity (Wildman–Crippen MR) is 60.1 cm³/mol. The third-order valence-electron chi connectivity index (χ3n) is 3.19. The van der Waals surface area contributed by atoms with E-state index in [-0.39, 0.29) is 17.5 Å². The molecule has 0 spiro atoms. The summed E-state index contributed by atoms with van der Waals surface area (Å²) in [6.07, 6.45) is 0.492. The van der Waals surface area contributed by atoms with Crippen molar-refractivity contribution in [2.75, 3.05) is 6.61 Å². The molecule has 2 atom stereocenters. The first kappa shape index (κ1) is 11.8. The van der Waals surface area contributed by atoms with Gasteiger partial charge in [0.1, 0.15) is 5.82 Å². The molecular formula is C12H14ClFO2. The largest absolute Gasteiger partial charge is 0.387 e. The second-order valence-electron chi connectivity index (χ2n) is 4.26. The van der Waals surface area contributed by atoms with E-state index in [2.05, 4.69) is 0 Å². The summed E-state index contributed by atoms with van der Waals surface area (Å²) in [7, 11) is 0. The number of aliphatic hydroxyl groups is 1. The van der Waals surface area contributed by atoms with Crippen LogP contribution in [0.25, 0.3) is 0 Å². The highest BCUT2D eigenvalue weighted by molar-refractivity contribution is 6.30. The monoisotopic (exact) mass is 244 g/mol. The van der Waals surface area contributed by atoms with Crippen molar-refractivity contribution in [3.8, 4) is 0 Å². The Bertz CT molecular complexity index is 397. The van der Waals surface area contributed by atoms with Crippen LogP contribution in [-0.2, 0) is 11.2 Å². The highest BCUT2D eigenvalue weighted by Crippen LogP contribution is 2.31. The Morgan fingerprint density at radius 3 is 3.00 bits per heavy atom. The van der Waals surface area contributed by atoms with Gasteiger partial charge in [-0.2, -0.15) is 0 Å². The summed E-state index contributed by atoms with van der Waals surface area (Å²) in [6.45, 7) is 2.31. The fraction of sp³-hybridized carbons (Fsp3) is 0.500. The molecular weight excluding hydrogens is 231 g/mol. The van der Waals surface area contributed by atoms with Gasteiger partial charge in [-0.05, 0) is 18.6 Å². The Balaban J connectivity index is 2.24. The molecule has 2 nitrogen and oxygen atoms in total. The Kier molecular flexibility index (Phi) is 3.19. The summed E-state index contributed by atoms with van der Waals surface area (Å²) in [4.78, 5) is 0. The Hall–Kier alpha value is -0.640. The Morgan fingerprint density at radius 1 is 1.62 bits per heavy atom. The van der Waals surface area contributed by atoms with Crippen molar-refractivity contribution in [1.29, 1.82) is 0 Å². The minimum atomic E-state index is -0.981. The molecule has 0 aromatic heterocycles. The van der Waals surface area contributed by atoms with E-state index in [0.29, 0.717) is 18.6 Å². The molecule has 1 aromatic rings. The normalized spacial score (nSPS) is 29.6. The van der Waals surface area contributed by atoms with E-state index in [1.54, 1.807) is 19.1 Å². The van der Waals surface area contributed by atoms with E-state index in [1.165, 1.54) is 6.07 Å². The standard InChI is InChI=1S/C12H14ClFO2/c1-8-12(15,5-6-16-8)7-9-3-2-4-10(13)11(9)14/h2-4,8,15H,5-7H2,1H3. The number of halogens is 2. The first-order chi connectivity index (χ1) is 7.53. The molecule has 1 aromatic carbocycles. The quantitative estimate of drug-likeness (QED) is 0.867. The second-order valence-corrected chi connectivity index (χ2v) is 4.66. The molecule has 16 heavy (non-hydrogen) atoms. The lowest BCUT2D eigenvalue weighted by Crippen LogP contribution is -2.38. The summed E-state index contributed by atoms with van der Waals surface area (Å²) in [5.41, 5.74) is -0.543. The maximum atomic E-state index is 13.7. The van der Waals surface area contributed by atoms with Crippen molar-refractivity contribution in [2.24, 2.45) is 0 Å². The zero-order valence-electron chi connectivity index (χ0n) is 9.04. The molecule has 88 valence electrons. The van der Waals surface area contributed by atoms with Gasteiger partial charge in [0, 0.05) is 19.4 Å². The number of hydrogen-bond donors (Lipinski definition) is 1. The molecule has 1 N–H and O–H groups in total. The number of ether oxygens (including phenoxy) is 1. The van der Waals surface area contributed by atoms with Gasteiger partial charge in [-0.25, -0.2) is 4.39 Å². The lowest BCUT2D eigenvalue weighted by atomic mass is 9.89. The molecule has 1 fully saturated rings. The topological polar surface area (TPSA) is 29.5 Å². The van der Waals surface area contributed by atoms with Gasteiger partial charge in [-0.15, -0.1) is 0 Å². The zero-order chi connectivity index (χ0) is 11.8. The van der Waals surface area contributed by atoms with Crippen molar-refractivity contribution in [3.05, 3.63) is 34.6 Å². The van der Waals surface area contributed by atoms with E-state index in [9.17, 15) is 9.50 Å². The van der Waals surface area contributed by atoms with E-state index < -0.39 is 11.4 Å². The summed E-state index contributed by atoms with van der Waals surface area (Å²) in [5.74, 6) is -0.448. The van der Waals surface area contributed by atoms with Crippen LogP contribution < -0.4 is 0 Å². The molecule has 1 heterocycles. The summed E-state index contributed by atoms with van der Waals surface area (Å²) >= 11 is 5.69. The van der Waals surface area contributed by atoms with Crippen molar-refractivity contribution in [1.82, 2.24) is 0 Å². The fourth-order valence-corrected chi connectivity index (χ4v) is 2.21. The molecule has 0 bridgehead atoms. The van der Waals surface area contributed by atoms with Crippen molar-refractivity contribution < 1.29 is 14.2 Å². The molecule has 0 amide bonds. The van der Waals surface area contributed by atoms with Crippen LogP contribution in [0.3, 0.4) is 0 Å².